The molecule has 0 fully saturated rings. The zero-order valence-electron chi connectivity index (χ0n) is 9.69. The van der Waals surface area contributed by atoms with Gasteiger partial charge in [0.2, 0.25) is 0 Å². The smallest absolute Gasteiger partial charge is 0.0935 e. The van der Waals surface area contributed by atoms with Crippen LogP contribution in [0.15, 0.2) is 54.9 Å². The average molecular weight is 233 g/mol. The fourth-order valence-corrected chi connectivity index (χ4v) is 1.81. The standard InChI is InChI=1S/C15H11N3/c1-2-7-15-14(6-1)12(11-17-18-15)8-9-13-5-3-4-10-16-13/h1-11H/b9-8+. The third-order valence-corrected chi connectivity index (χ3v) is 2.70. The topological polar surface area (TPSA) is 38.7 Å². The van der Waals surface area contributed by atoms with E-state index in [0.717, 1.165) is 22.2 Å². The first kappa shape index (κ1) is 10.6. The lowest BCUT2D eigenvalue weighted by atomic mass is 10.1. The Kier molecular flexibility index (Phi) is 2.80. The quantitative estimate of drug-likeness (QED) is 0.682. The largest absolute Gasteiger partial charge is 0.257 e. The summed E-state index contributed by atoms with van der Waals surface area (Å²) in [4.78, 5) is 4.25. The Hall–Kier alpha value is -2.55. The Labute approximate surface area is 105 Å². The molecular weight excluding hydrogens is 222 g/mol. The van der Waals surface area contributed by atoms with E-state index >= 15 is 0 Å². The van der Waals surface area contributed by atoms with E-state index < -0.39 is 0 Å². The molecule has 0 unspecified atom stereocenters. The highest BCUT2D eigenvalue weighted by molar-refractivity contribution is 5.89. The minimum Gasteiger partial charge on any atom is -0.257 e. The highest BCUT2D eigenvalue weighted by Gasteiger charge is 1.98. The molecule has 2 aromatic heterocycles. The predicted molar refractivity (Wildman–Crippen MR) is 72.7 cm³/mol. The van der Waals surface area contributed by atoms with Gasteiger partial charge >= 0.3 is 0 Å². The van der Waals surface area contributed by atoms with E-state index in [2.05, 4.69) is 15.2 Å². The third-order valence-electron chi connectivity index (χ3n) is 2.70. The number of aromatic nitrogens is 3. The first-order valence-corrected chi connectivity index (χ1v) is 5.73. The lowest BCUT2D eigenvalue weighted by molar-refractivity contribution is 1.07. The Bertz CT molecular complexity index is 685. The first-order valence-electron chi connectivity index (χ1n) is 5.73. The zero-order valence-corrected chi connectivity index (χ0v) is 9.69. The number of benzene rings is 1. The summed E-state index contributed by atoms with van der Waals surface area (Å²) < 4.78 is 0. The molecule has 0 saturated heterocycles. The van der Waals surface area contributed by atoms with Crippen LogP contribution in [0.25, 0.3) is 23.1 Å². The van der Waals surface area contributed by atoms with Crippen LogP contribution in [0.5, 0.6) is 0 Å². The minimum absolute atomic E-state index is 0.903. The summed E-state index contributed by atoms with van der Waals surface area (Å²) in [7, 11) is 0. The van der Waals surface area contributed by atoms with Gasteiger partial charge in [-0.2, -0.15) is 10.2 Å². The van der Waals surface area contributed by atoms with Gasteiger partial charge in [-0.25, -0.2) is 0 Å². The van der Waals surface area contributed by atoms with Crippen LogP contribution in [0.1, 0.15) is 11.3 Å². The number of rotatable bonds is 2. The van der Waals surface area contributed by atoms with Crippen LogP contribution in [0.4, 0.5) is 0 Å². The summed E-state index contributed by atoms with van der Waals surface area (Å²) >= 11 is 0. The predicted octanol–water partition coefficient (Wildman–Crippen LogP) is 3.20. The van der Waals surface area contributed by atoms with Crippen molar-refractivity contribution >= 4 is 23.1 Å². The maximum Gasteiger partial charge on any atom is 0.0935 e. The molecule has 3 nitrogen and oxygen atoms in total. The normalized spacial score (nSPS) is 11.1. The van der Waals surface area contributed by atoms with Gasteiger partial charge in [0.25, 0.3) is 0 Å². The number of hydrogen-bond acceptors (Lipinski definition) is 3. The summed E-state index contributed by atoms with van der Waals surface area (Å²) in [6.45, 7) is 0. The molecule has 0 spiro atoms. The summed E-state index contributed by atoms with van der Waals surface area (Å²) in [6.07, 6.45) is 7.53. The van der Waals surface area contributed by atoms with Gasteiger partial charge in [0.1, 0.15) is 0 Å². The van der Waals surface area contributed by atoms with Crippen molar-refractivity contribution in [2.45, 2.75) is 0 Å². The van der Waals surface area contributed by atoms with Crippen molar-refractivity contribution in [3.8, 4) is 0 Å². The van der Waals surface area contributed by atoms with Crippen LogP contribution in [0.3, 0.4) is 0 Å². The van der Waals surface area contributed by atoms with E-state index in [1.807, 2.05) is 54.6 Å². The average Bonchev–Trinajstić information content (AvgIpc) is 2.46. The monoisotopic (exact) mass is 233 g/mol. The van der Waals surface area contributed by atoms with Crippen molar-refractivity contribution in [1.82, 2.24) is 15.2 Å². The van der Waals surface area contributed by atoms with Crippen LogP contribution < -0.4 is 0 Å². The van der Waals surface area contributed by atoms with Crippen molar-refractivity contribution in [2.24, 2.45) is 0 Å². The molecule has 0 radical (unpaired) electrons. The summed E-state index contributed by atoms with van der Waals surface area (Å²) in [5, 5.41) is 9.20. The molecule has 3 heteroatoms. The summed E-state index contributed by atoms with van der Waals surface area (Å²) in [5.74, 6) is 0. The van der Waals surface area contributed by atoms with Gasteiger partial charge in [0, 0.05) is 17.1 Å². The number of hydrogen-bond donors (Lipinski definition) is 0. The van der Waals surface area contributed by atoms with Crippen LogP contribution >= 0.6 is 0 Å². The van der Waals surface area contributed by atoms with Crippen molar-refractivity contribution in [1.29, 1.82) is 0 Å². The van der Waals surface area contributed by atoms with Gasteiger partial charge in [0.05, 0.1) is 17.4 Å². The van der Waals surface area contributed by atoms with E-state index in [9.17, 15) is 0 Å². The second-order valence-electron chi connectivity index (χ2n) is 3.90. The van der Waals surface area contributed by atoms with Crippen molar-refractivity contribution < 1.29 is 0 Å². The number of nitrogens with zero attached hydrogens (tertiary/aromatic N) is 3. The molecule has 0 saturated carbocycles. The molecule has 0 bridgehead atoms. The second kappa shape index (κ2) is 4.75. The lowest BCUT2D eigenvalue weighted by Crippen LogP contribution is -1.86. The van der Waals surface area contributed by atoms with Crippen LogP contribution in [0.2, 0.25) is 0 Å². The molecule has 3 aromatic rings. The van der Waals surface area contributed by atoms with Crippen molar-refractivity contribution in [3.05, 3.63) is 66.1 Å². The van der Waals surface area contributed by atoms with Gasteiger partial charge in [-0.3, -0.25) is 4.98 Å². The second-order valence-corrected chi connectivity index (χ2v) is 3.90. The molecule has 3 rings (SSSR count). The van der Waals surface area contributed by atoms with Crippen molar-refractivity contribution in [2.75, 3.05) is 0 Å². The SMILES string of the molecule is C(=C\c1cnnc2ccccc12)/c1ccccn1. The Morgan fingerprint density at radius 2 is 1.78 bits per heavy atom. The Morgan fingerprint density at radius 1 is 0.889 bits per heavy atom. The molecule has 0 amide bonds. The highest BCUT2D eigenvalue weighted by atomic mass is 15.1. The Morgan fingerprint density at radius 3 is 2.67 bits per heavy atom. The lowest BCUT2D eigenvalue weighted by Gasteiger charge is -1.99. The molecule has 0 aliphatic rings. The number of pyridine rings is 1. The van der Waals surface area contributed by atoms with E-state index in [1.54, 1.807) is 12.4 Å². The molecule has 0 aliphatic heterocycles. The first-order chi connectivity index (χ1) is 8.93. The van der Waals surface area contributed by atoms with Crippen LogP contribution in [-0.2, 0) is 0 Å². The zero-order chi connectivity index (χ0) is 12.2. The third kappa shape index (κ3) is 2.11. The van der Waals surface area contributed by atoms with E-state index in [0.29, 0.717) is 0 Å². The maximum atomic E-state index is 4.25. The summed E-state index contributed by atoms with van der Waals surface area (Å²) in [6, 6.07) is 13.8. The molecule has 0 atom stereocenters. The molecular formula is C15H11N3. The maximum absolute atomic E-state index is 4.25. The molecule has 1 aromatic carbocycles. The Balaban J connectivity index is 2.03. The van der Waals surface area contributed by atoms with E-state index in [-0.39, 0.29) is 0 Å². The van der Waals surface area contributed by atoms with Gasteiger partial charge in [-0.05, 0) is 24.3 Å². The molecule has 18 heavy (non-hydrogen) atoms. The molecule has 0 N–H and O–H groups in total. The highest BCUT2D eigenvalue weighted by Crippen LogP contribution is 2.17. The number of fused-ring (bicyclic) bond motifs is 1. The molecule has 2 heterocycles. The van der Waals surface area contributed by atoms with Crippen LogP contribution in [-0.4, -0.2) is 15.2 Å². The fraction of sp³-hybridized carbons (Fsp3) is 0. The van der Waals surface area contributed by atoms with Gasteiger partial charge in [0.15, 0.2) is 0 Å². The van der Waals surface area contributed by atoms with Crippen molar-refractivity contribution in [3.63, 3.8) is 0 Å². The van der Waals surface area contributed by atoms with Gasteiger partial charge < -0.3 is 0 Å². The van der Waals surface area contributed by atoms with Gasteiger partial charge in [-0.15, -0.1) is 0 Å². The molecule has 0 aliphatic carbocycles. The summed E-state index contributed by atoms with van der Waals surface area (Å²) in [5.41, 5.74) is 2.88. The van der Waals surface area contributed by atoms with E-state index in [4.69, 9.17) is 0 Å². The molecule has 86 valence electrons. The fourth-order valence-electron chi connectivity index (χ4n) is 1.81. The van der Waals surface area contributed by atoms with E-state index in [1.165, 1.54) is 0 Å². The minimum atomic E-state index is 0.903. The van der Waals surface area contributed by atoms with Crippen LogP contribution in [0, 0.1) is 0 Å². The van der Waals surface area contributed by atoms with Gasteiger partial charge in [-0.1, -0.05) is 30.3 Å².